The van der Waals surface area contributed by atoms with Gasteiger partial charge in [-0.2, -0.15) is 0 Å². The Morgan fingerprint density at radius 1 is 1.10 bits per heavy atom. The number of likely N-dealkylation sites (N-methyl/N-ethyl adjacent to an activating group) is 1. The molecule has 1 N–H and O–H groups in total. The zero-order valence-electron chi connectivity index (χ0n) is 12.6. The van der Waals surface area contributed by atoms with Gasteiger partial charge in [0.15, 0.2) is 0 Å². The smallest absolute Gasteiger partial charge is 0.122 e. The van der Waals surface area contributed by atoms with Crippen LogP contribution in [0.5, 0.6) is 5.75 Å². The number of nitrogens with one attached hydrogen (secondary N) is 1. The molecule has 0 heterocycles. The van der Waals surface area contributed by atoms with E-state index in [0.29, 0.717) is 6.04 Å². The lowest BCUT2D eigenvalue weighted by Gasteiger charge is -2.19. The first-order valence-corrected chi connectivity index (χ1v) is 8.12. The van der Waals surface area contributed by atoms with Crippen molar-refractivity contribution in [2.75, 3.05) is 13.7 Å². The monoisotopic (exact) mass is 347 g/mol. The van der Waals surface area contributed by atoms with Crippen molar-refractivity contribution < 1.29 is 4.74 Å². The molecule has 0 aliphatic heterocycles. The van der Waals surface area contributed by atoms with Gasteiger partial charge in [0.2, 0.25) is 0 Å². The average Bonchev–Trinajstić information content (AvgIpc) is 2.48. The van der Waals surface area contributed by atoms with Crippen LogP contribution in [0.15, 0.2) is 53.0 Å². The number of para-hydroxylation sites is 1. The first-order valence-electron chi connectivity index (χ1n) is 7.32. The molecule has 0 amide bonds. The van der Waals surface area contributed by atoms with Gasteiger partial charge in [-0.25, -0.2) is 0 Å². The minimum Gasteiger partial charge on any atom is -0.496 e. The van der Waals surface area contributed by atoms with Gasteiger partial charge in [0.25, 0.3) is 0 Å². The molecule has 0 aliphatic rings. The standard InChI is InChI=1S/C18H22BrNO/c1-3-20-17(12-14-7-6-9-16(19)11-14)13-15-8-4-5-10-18(15)21-2/h4-11,17,20H,3,12-13H2,1-2H3. The zero-order valence-corrected chi connectivity index (χ0v) is 14.2. The lowest BCUT2D eigenvalue weighted by atomic mass is 9.98. The van der Waals surface area contributed by atoms with Crippen molar-refractivity contribution in [2.24, 2.45) is 0 Å². The number of hydrogen-bond donors (Lipinski definition) is 1. The highest BCUT2D eigenvalue weighted by molar-refractivity contribution is 9.10. The van der Waals surface area contributed by atoms with E-state index in [1.165, 1.54) is 11.1 Å². The molecular weight excluding hydrogens is 326 g/mol. The van der Waals surface area contributed by atoms with Crippen molar-refractivity contribution in [1.29, 1.82) is 0 Å². The molecule has 0 fully saturated rings. The summed E-state index contributed by atoms with van der Waals surface area (Å²) in [5.74, 6) is 0.967. The van der Waals surface area contributed by atoms with E-state index in [1.54, 1.807) is 7.11 Å². The van der Waals surface area contributed by atoms with Crippen molar-refractivity contribution in [1.82, 2.24) is 5.32 Å². The lowest BCUT2D eigenvalue weighted by Crippen LogP contribution is -2.33. The van der Waals surface area contributed by atoms with Crippen LogP contribution in [0.4, 0.5) is 0 Å². The second-order valence-electron chi connectivity index (χ2n) is 5.10. The summed E-state index contributed by atoms with van der Waals surface area (Å²) < 4.78 is 6.59. The molecule has 2 aromatic carbocycles. The summed E-state index contributed by atoms with van der Waals surface area (Å²) in [5.41, 5.74) is 2.59. The third kappa shape index (κ3) is 4.87. The van der Waals surface area contributed by atoms with Crippen molar-refractivity contribution in [3.63, 3.8) is 0 Å². The molecule has 2 aromatic rings. The minimum absolute atomic E-state index is 0.403. The lowest BCUT2D eigenvalue weighted by molar-refractivity contribution is 0.404. The van der Waals surface area contributed by atoms with E-state index in [9.17, 15) is 0 Å². The molecule has 0 aromatic heterocycles. The number of rotatable bonds is 7. The highest BCUT2D eigenvalue weighted by Gasteiger charge is 2.12. The molecule has 3 heteroatoms. The molecule has 21 heavy (non-hydrogen) atoms. The molecule has 2 nitrogen and oxygen atoms in total. The number of ether oxygens (including phenoxy) is 1. The quantitative estimate of drug-likeness (QED) is 0.809. The van der Waals surface area contributed by atoms with E-state index in [1.807, 2.05) is 12.1 Å². The van der Waals surface area contributed by atoms with Gasteiger partial charge in [-0.1, -0.05) is 53.2 Å². The SMILES string of the molecule is CCNC(Cc1cccc(Br)c1)Cc1ccccc1OC. The van der Waals surface area contributed by atoms with Gasteiger partial charge < -0.3 is 10.1 Å². The molecule has 0 radical (unpaired) electrons. The third-order valence-corrected chi connectivity index (χ3v) is 4.02. The topological polar surface area (TPSA) is 21.3 Å². The number of benzene rings is 2. The Labute approximate surface area is 135 Å². The van der Waals surface area contributed by atoms with Crippen molar-refractivity contribution >= 4 is 15.9 Å². The van der Waals surface area contributed by atoms with E-state index < -0.39 is 0 Å². The molecular formula is C18H22BrNO. The fraction of sp³-hybridized carbons (Fsp3) is 0.333. The first-order chi connectivity index (χ1) is 10.2. The van der Waals surface area contributed by atoms with Crippen LogP contribution >= 0.6 is 15.9 Å². The molecule has 0 saturated heterocycles. The minimum atomic E-state index is 0.403. The van der Waals surface area contributed by atoms with E-state index in [2.05, 4.69) is 64.6 Å². The van der Waals surface area contributed by atoms with E-state index in [0.717, 1.165) is 29.6 Å². The predicted molar refractivity (Wildman–Crippen MR) is 92.0 cm³/mol. The van der Waals surface area contributed by atoms with Gasteiger partial charge in [-0.3, -0.25) is 0 Å². The van der Waals surface area contributed by atoms with Gasteiger partial charge in [-0.05, 0) is 48.7 Å². The van der Waals surface area contributed by atoms with Crippen LogP contribution in [-0.2, 0) is 12.8 Å². The van der Waals surface area contributed by atoms with Crippen LogP contribution in [0.1, 0.15) is 18.1 Å². The maximum absolute atomic E-state index is 5.46. The van der Waals surface area contributed by atoms with Gasteiger partial charge in [0.05, 0.1) is 7.11 Å². The average molecular weight is 348 g/mol. The van der Waals surface area contributed by atoms with Crippen LogP contribution in [0, 0.1) is 0 Å². The summed E-state index contributed by atoms with van der Waals surface area (Å²) in [7, 11) is 1.73. The molecule has 112 valence electrons. The summed E-state index contributed by atoms with van der Waals surface area (Å²) in [6, 6.07) is 17.2. The molecule has 1 atom stereocenters. The Hall–Kier alpha value is -1.32. The Bertz CT molecular complexity index is 571. The van der Waals surface area contributed by atoms with Gasteiger partial charge >= 0.3 is 0 Å². The molecule has 0 spiro atoms. The summed E-state index contributed by atoms with van der Waals surface area (Å²) in [6.45, 7) is 3.12. The zero-order chi connectivity index (χ0) is 15.1. The number of hydrogen-bond acceptors (Lipinski definition) is 2. The van der Waals surface area contributed by atoms with E-state index in [4.69, 9.17) is 4.74 Å². The molecule has 0 aliphatic carbocycles. The molecule has 1 unspecified atom stereocenters. The highest BCUT2D eigenvalue weighted by atomic mass is 79.9. The Morgan fingerprint density at radius 2 is 1.90 bits per heavy atom. The Kier molecular flexibility index (Phi) is 6.27. The van der Waals surface area contributed by atoms with Crippen LogP contribution < -0.4 is 10.1 Å². The van der Waals surface area contributed by atoms with Crippen molar-refractivity contribution in [2.45, 2.75) is 25.8 Å². The van der Waals surface area contributed by atoms with Crippen LogP contribution in [-0.4, -0.2) is 19.7 Å². The second kappa shape index (κ2) is 8.20. The molecule has 2 rings (SSSR count). The van der Waals surface area contributed by atoms with Crippen molar-refractivity contribution in [3.8, 4) is 5.75 Å². The third-order valence-electron chi connectivity index (χ3n) is 3.52. The van der Waals surface area contributed by atoms with Gasteiger partial charge in [-0.15, -0.1) is 0 Å². The summed E-state index contributed by atoms with van der Waals surface area (Å²) in [5, 5.41) is 3.58. The second-order valence-corrected chi connectivity index (χ2v) is 6.02. The van der Waals surface area contributed by atoms with E-state index in [-0.39, 0.29) is 0 Å². The van der Waals surface area contributed by atoms with E-state index >= 15 is 0 Å². The van der Waals surface area contributed by atoms with Crippen LogP contribution in [0.2, 0.25) is 0 Å². The fourth-order valence-corrected chi connectivity index (χ4v) is 3.04. The van der Waals surface area contributed by atoms with Crippen LogP contribution in [0.3, 0.4) is 0 Å². The van der Waals surface area contributed by atoms with Crippen LogP contribution in [0.25, 0.3) is 0 Å². The summed E-state index contributed by atoms with van der Waals surface area (Å²) >= 11 is 3.54. The van der Waals surface area contributed by atoms with Crippen molar-refractivity contribution in [3.05, 3.63) is 64.1 Å². The predicted octanol–water partition coefficient (Wildman–Crippen LogP) is 4.22. The molecule has 0 bridgehead atoms. The largest absolute Gasteiger partial charge is 0.496 e. The summed E-state index contributed by atoms with van der Waals surface area (Å²) in [6.07, 6.45) is 1.97. The Morgan fingerprint density at radius 3 is 2.62 bits per heavy atom. The maximum Gasteiger partial charge on any atom is 0.122 e. The van der Waals surface area contributed by atoms with Gasteiger partial charge in [0.1, 0.15) is 5.75 Å². The highest BCUT2D eigenvalue weighted by Crippen LogP contribution is 2.21. The first kappa shape index (κ1) is 16.1. The van der Waals surface area contributed by atoms with Gasteiger partial charge in [0, 0.05) is 10.5 Å². The summed E-state index contributed by atoms with van der Waals surface area (Å²) in [4.78, 5) is 0. The number of methoxy groups -OCH3 is 1. The fourth-order valence-electron chi connectivity index (χ4n) is 2.59. The maximum atomic E-state index is 5.46. The Balaban J connectivity index is 2.11. The normalized spacial score (nSPS) is 12.1. The molecule has 0 saturated carbocycles. The number of halogens is 1.